The summed E-state index contributed by atoms with van der Waals surface area (Å²) < 4.78 is 96.7. The summed E-state index contributed by atoms with van der Waals surface area (Å²) in [4.78, 5) is 35.0. The highest BCUT2D eigenvalue weighted by molar-refractivity contribution is 7.89. The number of carbonyl (C=O) groups excluding carboxylic acids is 2. The van der Waals surface area contributed by atoms with Gasteiger partial charge >= 0.3 is 5.97 Å². The second-order valence-corrected chi connectivity index (χ2v) is 19.6. The third-order valence-electron chi connectivity index (χ3n) is 12.0. The van der Waals surface area contributed by atoms with Crippen molar-refractivity contribution in [1.82, 2.24) is 14.1 Å². The lowest BCUT2D eigenvalue weighted by atomic mass is 9.89. The number of aliphatic hydroxyl groups is 1. The molecule has 17 heteroatoms. The molecule has 2 aliphatic heterocycles. The van der Waals surface area contributed by atoms with Crippen LogP contribution in [-0.4, -0.2) is 104 Å². The number of carbonyl (C=O) groups is 2. The first kappa shape index (κ1) is 50.3. The number of sulfonamides is 1. The van der Waals surface area contributed by atoms with Gasteiger partial charge in [-0.2, -0.15) is 13.1 Å². The molecule has 1 atom stereocenters. The van der Waals surface area contributed by atoms with E-state index in [9.17, 15) is 40.7 Å². The molecule has 5 rings (SSSR count). The lowest BCUT2D eigenvalue weighted by Gasteiger charge is -2.37. The third kappa shape index (κ3) is 11.8. The average molecular weight is 916 g/mol. The molecule has 0 saturated carbocycles. The van der Waals surface area contributed by atoms with Crippen LogP contribution in [0, 0.1) is 34.6 Å². The summed E-state index contributed by atoms with van der Waals surface area (Å²) in [6.07, 6.45) is 4.82. The maximum absolute atomic E-state index is 14.2. The largest absolute Gasteiger partial charge is 0.420 e. The molecule has 3 aromatic rings. The van der Waals surface area contributed by atoms with Gasteiger partial charge in [-0.05, 0) is 94.8 Å². The fourth-order valence-corrected chi connectivity index (χ4v) is 9.35. The molecule has 64 heavy (non-hydrogen) atoms. The molecular formula is C47H61F4N5O7S. The van der Waals surface area contributed by atoms with E-state index < -0.39 is 56.0 Å². The zero-order chi connectivity index (χ0) is 47.1. The Morgan fingerprint density at radius 3 is 2.16 bits per heavy atom. The van der Waals surface area contributed by atoms with Gasteiger partial charge < -0.3 is 30.1 Å². The van der Waals surface area contributed by atoms with Crippen molar-refractivity contribution in [2.75, 3.05) is 53.0 Å². The Hall–Kier alpha value is -4.68. The summed E-state index contributed by atoms with van der Waals surface area (Å²) in [6.45, 7) is 13.2. The highest BCUT2D eigenvalue weighted by atomic mass is 32.2. The Bertz CT molecular complexity index is 2340. The molecule has 0 radical (unpaired) electrons. The second kappa shape index (κ2) is 21.1. The van der Waals surface area contributed by atoms with Crippen LogP contribution < -0.4 is 10.5 Å². The van der Waals surface area contributed by atoms with Gasteiger partial charge in [0.2, 0.25) is 33.3 Å². The normalized spacial score (nSPS) is 15.8. The number of rotatable bonds is 21. The maximum atomic E-state index is 14.2. The number of nitrogens with zero attached hydrogens (tertiary/aromatic N) is 4. The van der Waals surface area contributed by atoms with E-state index in [0.717, 1.165) is 18.4 Å². The van der Waals surface area contributed by atoms with Crippen molar-refractivity contribution < 1.29 is 50.1 Å². The number of ether oxygens (including phenoxy) is 2. The van der Waals surface area contributed by atoms with Gasteiger partial charge in [-0.1, -0.05) is 45.0 Å². The van der Waals surface area contributed by atoms with E-state index in [1.807, 2.05) is 74.9 Å². The molecule has 1 unspecified atom stereocenters. The first-order valence-electron chi connectivity index (χ1n) is 21.8. The molecule has 2 heterocycles. The Labute approximate surface area is 374 Å². The number of benzene rings is 3. The van der Waals surface area contributed by atoms with Crippen molar-refractivity contribution >= 4 is 39.5 Å². The lowest BCUT2D eigenvalue weighted by Crippen LogP contribution is -2.51. The molecule has 1 fully saturated rings. The number of esters is 1. The zero-order valence-corrected chi connectivity index (χ0v) is 38.6. The third-order valence-corrected chi connectivity index (χ3v) is 13.9. The Balaban J connectivity index is 1.31. The predicted molar refractivity (Wildman–Crippen MR) is 238 cm³/mol. The molecule has 0 aliphatic carbocycles. The topological polar surface area (TPSA) is 155 Å². The summed E-state index contributed by atoms with van der Waals surface area (Å²) >= 11 is 0. The summed E-state index contributed by atoms with van der Waals surface area (Å²) in [5, 5.41) is 9.66. The first-order valence-corrected chi connectivity index (χ1v) is 23.2. The first-order chi connectivity index (χ1) is 30.2. The average Bonchev–Trinajstić information content (AvgIpc) is 3.40. The van der Waals surface area contributed by atoms with Crippen molar-refractivity contribution in [3.63, 3.8) is 0 Å². The Morgan fingerprint density at radius 2 is 1.55 bits per heavy atom. The van der Waals surface area contributed by atoms with Gasteiger partial charge in [-0.25, -0.2) is 22.2 Å². The fourth-order valence-electron chi connectivity index (χ4n) is 7.52. The molecular weight excluding hydrogens is 855 g/mol. The number of amidine groups is 1. The molecule has 12 nitrogen and oxygen atoms in total. The van der Waals surface area contributed by atoms with Crippen LogP contribution in [0.3, 0.4) is 0 Å². The Morgan fingerprint density at radius 1 is 0.922 bits per heavy atom. The molecule has 350 valence electrons. The molecule has 3 aromatic carbocycles. The molecule has 0 spiro atoms. The summed E-state index contributed by atoms with van der Waals surface area (Å²) in [5.74, 6) is -9.47. The standard InChI is InChI=1S/C47H61F4N5O7S/c1-8-17-55(18-9-2)44(58)35-21-33-13-11-31(22-38(33)53-40(52)24-35)32-12-14-34(39(23-32)64(60,61)56-26-30(27-56)29-57)28-54(7)19-15-47(6,10-3)62-20-16-46(4,5)45(59)63-43-41(50)36(48)25-37(49)42(43)51/h11-14,21-23,25,30,57H,8-10,15-20,24,26-29H2,1-7H3,(H2,52,53). The van der Waals surface area contributed by atoms with E-state index in [-0.39, 0.29) is 68.5 Å². The molecule has 0 bridgehead atoms. The van der Waals surface area contributed by atoms with Gasteiger partial charge in [0.05, 0.1) is 21.6 Å². The molecule has 3 N–H and O–H groups in total. The lowest BCUT2D eigenvalue weighted by molar-refractivity contribution is -0.146. The van der Waals surface area contributed by atoms with Gasteiger partial charge in [0.1, 0.15) is 5.84 Å². The van der Waals surface area contributed by atoms with Gasteiger partial charge in [0.15, 0.2) is 11.6 Å². The van der Waals surface area contributed by atoms with Crippen molar-refractivity contribution in [2.24, 2.45) is 22.1 Å². The highest BCUT2D eigenvalue weighted by Gasteiger charge is 2.38. The number of fused-ring (bicyclic) bond motifs is 1. The van der Waals surface area contributed by atoms with Gasteiger partial charge in [0.25, 0.3) is 0 Å². The van der Waals surface area contributed by atoms with Crippen LogP contribution in [0.25, 0.3) is 17.2 Å². The van der Waals surface area contributed by atoms with Gasteiger partial charge in [-0.3, -0.25) is 9.59 Å². The summed E-state index contributed by atoms with van der Waals surface area (Å²) in [5.41, 5.74) is 8.07. The van der Waals surface area contributed by atoms with E-state index >= 15 is 0 Å². The van der Waals surface area contributed by atoms with Gasteiger partial charge in [0, 0.05) is 82.0 Å². The smallest absolute Gasteiger partial charge is 0.317 e. The van der Waals surface area contributed by atoms with Crippen LogP contribution in [0.1, 0.15) is 91.2 Å². The fraction of sp³-hybridized carbons (Fsp3) is 0.511. The number of aliphatic imine (C=N–C) groups is 1. The minimum atomic E-state index is -3.97. The molecule has 1 saturated heterocycles. The maximum Gasteiger partial charge on any atom is 0.317 e. The Kier molecular flexibility index (Phi) is 16.6. The van der Waals surface area contributed by atoms with Crippen molar-refractivity contribution in [1.29, 1.82) is 0 Å². The van der Waals surface area contributed by atoms with Gasteiger partial charge in [-0.15, -0.1) is 0 Å². The van der Waals surface area contributed by atoms with E-state index in [2.05, 4.69) is 4.99 Å². The van der Waals surface area contributed by atoms with Crippen molar-refractivity contribution in [3.8, 4) is 16.9 Å². The van der Waals surface area contributed by atoms with Crippen LogP contribution >= 0.6 is 0 Å². The number of aliphatic hydroxyl groups excluding tert-OH is 1. The minimum absolute atomic E-state index is 0.0297. The highest BCUT2D eigenvalue weighted by Crippen LogP contribution is 2.36. The van der Waals surface area contributed by atoms with Crippen LogP contribution in [0.4, 0.5) is 23.2 Å². The number of nitrogens with two attached hydrogens (primary N) is 1. The number of halogens is 4. The zero-order valence-electron chi connectivity index (χ0n) is 37.8. The van der Waals surface area contributed by atoms with E-state index in [0.29, 0.717) is 66.3 Å². The quantitative estimate of drug-likeness (QED) is 0.0469. The van der Waals surface area contributed by atoms with Crippen LogP contribution in [0.5, 0.6) is 5.75 Å². The summed E-state index contributed by atoms with van der Waals surface area (Å²) in [6, 6.07) is 10.9. The van der Waals surface area contributed by atoms with Crippen molar-refractivity contribution in [2.45, 2.75) is 97.1 Å². The van der Waals surface area contributed by atoms with E-state index in [4.69, 9.17) is 15.2 Å². The van der Waals surface area contributed by atoms with E-state index in [1.54, 1.807) is 12.1 Å². The minimum Gasteiger partial charge on any atom is -0.420 e. The second-order valence-electron chi connectivity index (χ2n) is 17.7. The van der Waals surface area contributed by atoms with Crippen LogP contribution in [0.15, 0.2) is 57.9 Å². The number of hydrogen-bond acceptors (Lipinski definition) is 10. The van der Waals surface area contributed by atoms with E-state index in [1.165, 1.54) is 18.2 Å². The monoisotopic (exact) mass is 915 g/mol. The molecule has 2 aliphatic rings. The SMILES string of the molecule is CCCN(CCC)C(=O)C1=Cc2ccc(-c3ccc(CN(C)CCC(C)(CC)OCCC(C)(C)C(=O)Oc4c(F)c(F)cc(F)c4F)c(S(=O)(=O)N4CC(CO)C4)c3)cc2N=C(N)C1. The van der Waals surface area contributed by atoms with Crippen molar-refractivity contribution in [3.05, 3.63) is 82.4 Å². The predicted octanol–water partition coefficient (Wildman–Crippen LogP) is 7.98. The van der Waals surface area contributed by atoms with Crippen LogP contribution in [0.2, 0.25) is 0 Å². The summed E-state index contributed by atoms with van der Waals surface area (Å²) in [7, 11) is -2.11. The molecule has 0 aromatic heterocycles. The molecule has 1 amide bonds. The number of hydrogen-bond donors (Lipinski definition) is 2. The number of amides is 1. The van der Waals surface area contributed by atoms with Crippen LogP contribution in [-0.2, 0) is 30.9 Å².